The molecular weight excluding hydrogens is 392 g/mol. The van der Waals surface area contributed by atoms with E-state index in [9.17, 15) is 4.79 Å². The number of aryl methyl sites for hydroxylation is 1. The van der Waals surface area contributed by atoms with Crippen LogP contribution in [0.1, 0.15) is 30.5 Å². The minimum absolute atomic E-state index is 0.00373. The van der Waals surface area contributed by atoms with Gasteiger partial charge in [0.05, 0.1) is 0 Å². The summed E-state index contributed by atoms with van der Waals surface area (Å²) in [5, 5.41) is 3.12. The fourth-order valence-electron chi connectivity index (χ4n) is 3.71. The normalized spacial score (nSPS) is 12.2. The van der Waals surface area contributed by atoms with Gasteiger partial charge in [-0.2, -0.15) is 0 Å². The van der Waals surface area contributed by atoms with E-state index in [0.717, 1.165) is 17.5 Å². The van der Waals surface area contributed by atoms with Crippen LogP contribution in [0.25, 0.3) is 11.1 Å². The smallest absolute Gasteiger partial charge is 0.135 e. The molecule has 3 aromatic carbocycles. The first kappa shape index (κ1) is 25.3. The maximum Gasteiger partial charge on any atom is 0.135 e. The quantitative estimate of drug-likeness (QED) is 0.437. The molecule has 168 valence electrons. The molecule has 2 atom stereocenters. The molecule has 0 heterocycles. The number of hydrogen-bond acceptors (Lipinski definition) is 3. The Bertz CT molecular complexity index is 964. The second-order valence-corrected chi connectivity index (χ2v) is 7.91. The highest BCUT2D eigenvalue weighted by Gasteiger charge is 2.22. The summed E-state index contributed by atoms with van der Waals surface area (Å²) in [4.78, 5) is 11.7. The van der Waals surface area contributed by atoms with E-state index < -0.39 is 0 Å². The average molecular weight is 429 g/mol. The topological polar surface area (TPSA) is 55.1 Å². The Morgan fingerprint density at radius 3 is 2.09 bits per heavy atom. The molecule has 3 rings (SSSR count). The number of Topliss-reactive ketones (excluding diaryl/α,β-unsaturated/α-hetero) is 1. The third-order valence-electron chi connectivity index (χ3n) is 5.69. The number of carbonyl (C=O) groups is 1. The molecule has 0 saturated carbocycles. The van der Waals surface area contributed by atoms with E-state index >= 15 is 0 Å². The largest absolute Gasteiger partial charge is 0.326 e. The average Bonchev–Trinajstić information content (AvgIpc) is 2.85. The molecule has 3 N–H and O–H groups in total. The molecule has 0 aliphatic carbocycles. The van der Waals surface area contributed by atoms with Gasteiger partial charge >= 0.3 is 0 Å². The van der Waals surface area contributed by atoms with Crippen LogP contribution >= 0.6 is 0 Å². The van der Waals surface area contributed by atoms with E-state index in [1.165, 1.54) is 16.7 Å². The van der Waals surface area contributed by atoms with Crippen molar-refractivity contribution in [1.82, 2.24) is 5.32 Å². The van der Waals surface area contributed by atoms with E-state index in [-0.39, 0.29) is 17.7 Å². The molecule has 0 radical (unpaired) electrons. The Labute approximate surface area is 193 Å². The van der Waals surface area contributed by atoms with Crippen LogP contribution in [0.3, 0.4) is 0 Å². The predicted octanol–water partition coefficient (Wildman–Crippen LogP) is 5.58. The highest BCUT2D eigenvalue weighted by Crippen LogP contribution is 2.19. The van der Waals surface area contributed by atoms with Crippen LogP contribution in [0, 0.1) is 5.92 Å². The molecule has 0 amide bonds. The number of carbonyl (C=O) groups excluding carboxylic acids is 1. The summed E-state index contributed by atoms with van der Waals surface area (Å²) < 4.78 is 0. The van der Waals surface area contributed by atoms with Crippen molar-refractivity contribution in [3.8, 4) is 11.1 Å². The molecule has 0 aliphatic heterocycles. The molecule has 2 unspecified atom stereocenters. The second-order valence-electron chi connectivity index (χ2n) is 7.91. The van der Waals surface area contributed by atoms with Crippen LogP contribution in [0.4, 0.5) is 0 Å². The molecule has 32 heavy (non-hydrogen) atoms. The standard InChI is InChI=1S/C15H22N2O.C14H14/c1-4-15(17-3)14(11(2)18)9-12-6-5-7-13(8-12)10-16;1-2-12-8-10-14(11-9-12)13-6-4-3-5-7-13/h4-8,14-15,17H,1,9-10,16H2,2-3H3;3-11H,2H2,1H3. The second kappa shape index (κ2) is 13.4. The number of hydrogen-bond donors (Lipinski definition) is 2. The van der Waals surface area contributed by atoms with Crippen molar-refractivity contribution in [2.75, 3.05) is 7.05 Å². The lowest BCUT2D eigenvalue weighted by molar-refractivity contribution is -0.121. The van der Waals surface area contributed by atoms with Gasteiger partial charge in [0.2, 0.25) is 0 Å². The lowest BCUT2D eigenvalue weighted by atomic mass is 9.88. The number of ketones is 1. The zero-order valence-corrected chi connectivity index (χ0v) is 19.6. The van der Waals surface area contributed by atoms with Crippen molar-refractivity contribution >= 4 is 5.78 Å². The van der Waals surface area contributed by atoms with Crippen molar-refractivity contribution in [2.24, 2.45) is 11.7 Å². The highest BCUT2D eigenvalue weighted by atomic mass is 16.1. The van der Waals surface area contributed by atoms with E-state index in [2.05, 4.69) is 73.4 Å². The van der Waals surface area contributed by atoms with Crippen molar-refractivity contribution in [3.05, 3.63) is 108 Å². The summed E-state index contributed by atoms with van der Waals surface area (Å²) in [6.07, 6.45) is 3.61. The molecule has 0 fully saturated rings. The summed E-state index contributed by atoms with van der Waals surface area (Å²) in [5.41, 5.74) is 11.8. The van der Waals surface area contributed by atoms with Crippen molar-refractivity contribution < 1.29 is 4.79 Å². The minimum Gasteiger partial charge on any atom is -0.326 e. The molecule has 0 aromatic heterocycles. The Morgan fingerprint density at radius 1 is 0.938 bits per heavy atom. The van der Waals surface area contributed by atoms with E-state index in [0.29, 0.717) is 13.0 Å². The van der Waals surface area contributed by atoms with Crippen LogP contribution < -0.4 is 11.1 Å². The Balaban J connectivity index is 0.000000233. The predicted molar refractivity (Wildman–Crippen MR) is 137 cm³/mol. The first-order valence-corrected chi connectivity index (χ1v) is 11.2. The molecule has 3 heteroatoms. The minimum atomic E-state index is -0.0828. The van der Waals surface area contributed by atoms with Crippen molar-refractivity contribution in [2.45, 2.75) is 39.3 Å². The van der Waals surface area contributed by atoms with Gasteiger partial charge in [0.15, 0.2) is 0 Å². The Kier molecular flexibility index (Phi) is 10.6. The fourth-order valence-corrected chi connectivity index (χ4v) is 3.71. The highest BCUT2D eigenvalue weighted by molar-refractivity contribution is 5.79. The molecule has 3 aromatic rings. The van der Waals surface area contributed by atoms with Gasteiger partial charge in [-0.3, -0.25) is 4.79 Å². The lowest BCUT2D eigenvalue weighted by Gasteiger charge is -2.22. The first-order chi connectivity index (χ1) is 15.5. The number of rotatable bonds is 9. The zero-order chi connectivity index (χ0) is 23.3. The van der Waals surface area contributed by atoms with Crippen LogP contribution in [-0.4, -0.2) is 18.9 Å². The molecule has 0 bridgehead atoms. The van der Waals surface area contributed by atoms with Gasteiger partial charge in [0.25, 0.3) is 0 Å². The number of nitrogens with two attached hydrogens (primary N) is 1. The van der Waals surface area contributed by atoms with Gasteiger partial charge in [-0.05, 0) is 54.6 Å². The van der Waals surface area contributed by atoms with Gasteiger partial charge in [0, 0.05) is 18.5 Å². The maximum absolute atomic E-state index is 11.7. The molecule has 0 aliphatic rings. The monoisotopic (exact) mass is 428 g/mol. The van der Waals surface area contributed by atoms with Gasteiger partial charge in [-0.1, -0.05) is 91.9 Å². The first-order valence-electron chi connectivity index (χ1n) is 11.2. The third kappa shape index (κ3) is 7.60. The van der Waals surface area contributed by atoms with Crippen LogP contribution in [0.5, 0.6) is 0 Å². The molecule has 0 saturated heterocycles. The Hall–Kier alpha value is -3.01. The van der Waals surface area contributed by atoms with Crippen LogP contribution in [0.15, 0.2) is 91.5 Å². The van der Waals surface area contributed by atoms with Gasteiger partial charge < -0.3 is 11.1 Å². The Morgan fingerprint density at radius 2 is 1.56 bits per heavy atom. The SMILES string of the molecule is C=CC(NC)C(Cc1cccc(CN)c1)C(C)=O.CCc1ccc(-c2ccccc2)cc1. The van der Waals surface area contributed by atoms with E-state index in [4.69, 9.17) is 5.73 Å². The molecule has 3 nitrogen and oxygen atoms in total. The molecular formula is C29H36N2O. The summed E-state index contributed by atoms with van der Waals surface area (Å²) in [7, 11) is 1.85. The lowest BCUT2D eigenvalue weighted by Crippen LogP contribution is -2.36. The zero-order valence-electron chi connectivity index (χ0n) is 19.6. The summed E-state index contributed by atoms with van der Waals surface area (Å²) in [5.74, 6) is 0.0907. The maximum atomic E-state index is 11.7. The van der Waals surface area contributed by atoms with Crippen molar-refractivity contribution in [3.63, 3.8) is 0 Å². The van der Waals surface area contributed by atoms with Gasteiger partial charge in [0.1, 0.15) is 5.78 Å². The van der Waals surface area contributed by atoms with E-state index in [1.807, 2.05) is 31.3 Å². The summed E-state index contributed by atoms with van der Waals surface area (Å²) in [6, 6.07) is 27.3. The summed E-state index contributed by atoms with van der Waals surface area (Å²) >= 11 is 0. The van der Waals surface area contributed by atoms with Gasteiger partial charge in [-0.25, -0.2) is 0 Å². The van der Waals surface area contributed by atoms with Gasteiger partial charge in [-0.15, -0.1) is 6.58 Å². The fraction of sp³-hybridized carbons (Fsp3) is 0.276. The third-order valence-corrected chi connectivity index (χ3v) is 5.69. The van der Waals surface area contributed by atoms with E-state index in [1.54, 1.807) is 13.0 Å². The number of likely N-dealkylation sites (N-methyl/N-ethyl adjacent to an activating group) is 1. The van der Waals surface area contributed by atoms with Crippen LogP contribution in [-0.2, 0) is 24.2 Å². The summed E-state index contributed by atoms with van der Waals surface area (Å²) in [6.45, 7) is 8.11. The van der Waals surface area contributed by atoms with Crippen LogP contribution in [0.2, 0.25) is 0 Å². The number of nitrogens with one attached hydrogen (secondary N) is 1. The van der Waals surface area contributed by atoms with Crippen molar-refractivity contribution in [1.29, 1.82) is 0 Å². The number of benzene rings is 3. The molecule has 0 spiro atoms.